The van der Waals surface area contributed by atoms with Gasteiger partial charge in [0.2, 0.25) is 11.9 Å². The number of hydrogen-bond donors (Lipinski definition) is 0. The maximum Gasteiger partial charge on any atom is 0.229 e. The van der Waals surface area contributed by atoms with Crippen LogP contribution in [-0.4, -0.2) is 63.4 Å². The van der Waals surface area contributed by atoms with E-state index in [0.29, 0.717) is 24.6 Å². The molecule has 0 aliphatic carbocycles. The first-order valence-electron chi connectivity index (χ1n) is 9.48. The highest BCUT2D eigenvalue weighted by Crippen LogP contribution is 2.43. The van der Waals surface area contributed by atoms with Gasteiger partial charge in [-0.3, -0.25) is 4.79 Å². The van der Waals surface area contributed by atoms with Gasteiger partial charge in [-0.05, 0) is 19.8 Å². The van der Waals surface area contributed by atoms with E-state index in [4.69, 9.17) is 14.3 Å². The normalized spacial score (nSPS) is 24.2. The molecule has 2 fully saturated rings. The van der Waals surface area contributed by atoms with Crippen molar-refractivity contribution in [1.82, 2.24) is 25.2 Å². The van der Waals surface area contributed by atoms with Gasteiger partial charge >= 0.3 is 0 Å². The van der Waals surface area contributed by atoms with E-state index in [1.165, 1.54) is 0 Å². The van der Waals surface area contributed by atoms with Crippen LogP contribution in [0.2, 0.25) is 0 Å². The Morgan fingerprint density at radius 1 is 1.26 bits per heavy atom. The lowest BCUT2D eigenvalue weighted by Gasteiger charge is -2.36. The van der Waals surface area contributed by atoms with Crippen molar-refractivity contribution in [3.8, 4) is 0 Å². The van der Waals surface area contributed by atoms with Crippen molar-refractivity contribution < 1.29 is 14.2 Å². The summed E-state index contributed by atoms with van der Waals surface area (Å²) >= 11 is 0. The quantitative estimate of drug-likeness (QED) is 0.784. The molecule has 142 valence electrons. The van der Waals surface area contributed by atoms with Gasteiger partial charge < -0.3 is 14.5 Å². The van der Waals surface area contributed by atoms with Crippen LogP contribution in [0.1, 0.15) is 41.5 Å². The summed E-state index contributed by atoms with van der Waals surface area (Å²) in [6.45, 7) is 4.87. The van der Waals surface area contributed by atoms with E-state index in [2.05, 4.69) is 20.2 Å². The van der Waals surface area contributed by atoms with Crippen LogP contribution in [0.15, 0.2) is 10.8 Å². The summed E-state index contributed by atoms with van der Waals surface area (Å²) in [7, 11) is 0. The second kappa shape index (κ2) is 6.56. The molecule has 2 unspecified atom stereocenters. The SMILES string of the molecule is Cc1nonc1CC(=O)N1C2CCC1c1cnc(N3CCOCC3)nc1C2. The maximum absolute atomic E-state index is 13.0. The molecular weight excluding hydrogens is 348 g/mol. The molecular formula is C18H22N6O3. The zero-order valence-corrected chi connectivity index (χ0v) is 15.3. The first-order valence-corrected chi connectivity index (χ1v) is 9.48. The largest absolute Gasteiger partial charge is 0.378 e. The van der Waals surface area contributed by atoms with Gasteiger partial charge in [0.05, 0.1) is 31.4 Å². The topological polar surface area (TPSA) is 97.5 Å². The van der Waals surface area contributed by atoms with Crippen molar-refractivity contribution in [2.24, 2.45) is 0 Å². The summed E-state index contributed by atoms with van der Waals surface area (Å²) in [5.74, 6) is 0.852. The summed E-state index contributed by atoms with van der Waals surface area (Å²) in [6, 6.07) is 0.257. The summed E-state index contributed by atoms with van der Waals surface area (Å²) in [5, 5.41) is 7.62. The number of aromatic nitrogens is 4. The van der Waals surface area contributed by atoms with Crippen LogP contribution in [0.25, 0.3) is 0 Å². The third-order valence-corrected chi connectivity index (χ3v) is 5.82. The minimum absolute atomic E-state index is 0.0603. The Bertz CT molecular complexity index is 863. The van der Waals surface area contributed by atoms with E-state index in [1.807, 2.05) is 11.1 Å². The standard InChI is InChI=1S/C18H22N6O3/c1-11-14(22-27-21-11)9-17(25)24-12-2-3-16(24)13-10-19-18(20-15(13)8-12)23-4-6-26-7-5-23/h10,12,16H,2-9H2,1H3. The van der Waals surface area contributed by atoms with E-state index < -0.39 is 0 Å². The van der Waals surface area contributed by atoms with E-state index in [9.17, 15) is 4.79 Å². The molecule has 27 heavy (non-hydrogen) atoms. The molecule has 0 aromatic carbocycles. The van der Waals surface area contributed by atoms with Gasteiger partial charge in [-0.15, -0.1) is 0 Å². The minimum atomic E-state index is 0.0603. The molecule has 5 rings (SSSR count). The van der Waals surface area contributed by atoms with Crippen LogP contribution in [0, 0.1) is 6.92 Å². The van der Waals surface area contributed by atoms with Crippen LogP contribution in [0.3, 0.4) is 0 Å². The van der Waals surface area contributed by atoms with Gasteiger partial charge in [0, 0.05) is 37.3 Å². The van der Waals surface area contributed by atoms with Crippen molar-refractivity contribution in [3.63, 3.8) is 0 Å². The van der Waals surface area contributed by atoms with Gasteiger partial charge in [0.1, 0.15) is 11.4 Å². The highest BCUT2D eigenvalue weighted by atomic mass is 16.6. The fraction of sp³-hybridized carbons (Fsp3) is 0.611. The smallest absolute Gasteiger partial charge is 0.229 e. The fourth-order valence-electron chi connectivity index (χ4n) is 4.41. The summed E-state index contributed by atoms with van der Waals surface area (Å²) in [4.78, 5) is 26.6. The Labute approximate surface area is 156 Å². The molecule has 3 aliphatic rings. The summed E-state index contributed by atoms with van der Waals surface area (Å²) in [5.41, 5.74) is 3.46. The molecule has 0 N–H and O–H groups in total. The first kappa shape index (κ1) is 16.6. The van der Waals surface area contributed by atoms with Crippen molar-refractivity contribution in [2.75, 3.05) is 31.2 Å². The Morgan fingerprint density at radius 3 is 2.89 bits per heavy atom. The number of aryl methyl sites for hydroxylation is 1. The predicted octanol–water partition coefficient (Wildman–Crippen LogP) is 0.836. The van der Waals surface area contributed by atoms with Crippen LogP contribution < -0.4 is 4.90 Å². The maximum atomic E-state index is 13.0. The minimum Gasteiger partial charge on any atom is -0.378 e. The van der Waals surface area contributed by atoms with Crippen molar-refractivity contribution >= 4 is 11.9 Å². The number of nitrogens with zero attached hydrogens (tertiary/aromatic N) is 6. The number of morpholine rings is 1. The molecule has 5 heterocycles. The van der Waals surface area contributed by atoms with E-state index in [-0.39, 0.29) is 24.4 Å². The molecule has 0 spiro atoms. The van der Waals surface area contributed by atoms with Gasteiger partial charge in [0.25, 0.3) is 0 Å². The van der Waals surface area contributed by atoms with E-state index >= 15 is 0 Å². The molecule has 0 saturated carbocycles. The lowest BCUT2D eigenvalue weighted by molar-refractivity contribution is -0.134. The third kappa shape index (κ3) is 2.86. The summed E-state index contributed by atoms with van der Waals surface area (Å²) in [6.07, 6.45) is 4.88. The Balaban J connectivity index is 1.38. The lowest BCUT2D eigenvalue weighted by Crippen LogP contribution is -2.43. The first-order chi connectivity index (χ1) is 13.2. The summed E-state index contributed by atoms with van der Waals surface area (Å²) < 4.78 is 10.1. The molecule has 0 radical (unpaired) electrons. The van der Waals surface area contributed by atoms with Crippen LogP contribution in [-0.2, 0) is 22.4 Å². The second-order valence-electron chi connectivity index (χ2n) is 7.40. The second-order valence-corrected chi connectivity index (χ2v) is 7.40. The van der Waals surface area contributed by atoms with E-state index in [1.54, 1.807) is 6.92 Å². The predicted molar refractivity (Wildman–Crippen MR) is 94.1 cm³/mol. The molecule has 2 bridgehead atoms. The average Bonchev–Trinajstić information content (AvgIpc) is 3.24. The van der Waals surface area contributed by atoms with Crippen molar-refractivity contribution in [2.45, 2.75) is 44.7 Å². The lowest BCUT2D eigenvalue weighted by atomic mass is 9.98. The number of ether oxygens (including phenoxy) is 1. The van der Waals surface area contributed by atoms with Crippen LogP contribution in [0.5, 0.6) is 0 Å². The van der Waals surface area contributed by atoms with E-state index in [0.717, 1.165) is 49.6 Å². The van der Waals surface area contributed by atoms with Crippen molar-refractivity contribution in [1.29, 1.82) is 0 Å². The molecule has 2 aromatic rings. The Hall–Kier alpha value is -2.55. The Kier molecular flexibility index (Phi) is 4.04. The number of hydrogen-bond acceptors (Lipinski definition) is 8. The van der Waals surface area contributed by atoms with Gasteiger partial charge in [0.15, 0.2) is 0 Å². The molecule has 1 amide bonds. The van der Waals surface area contributed by atoms with Gasteiger partial charge in [-0.2, -0.15) is 0 Å². The molecule has 2 atom stereocenters. The number of rotatable bonds is 3. The van der Waals surface area contributed by atoms with Gasteiger partial charge in [-0.25, -0.2) is 14.6 Å². The molecule has 9 nitrogen and oxygen atoms in total. The average molecular weight is 370 g/mol. The Morgan fingerprint density at radius 2 is 2.11 bits per heavy atom. The highest BCUT2D eigenvalue weighted by Gasteiger charge is 2.43. The monoisotopic (exact) mass is 370 g/mol. The molecule has 2 saturated heterocycles. The van der Waals surface area contributed by atoms with Crippen molar-refractivity contribution in [3.05, 3.63) is 28.8 Å². The molecule has 2 aromatic heterocycles. The molecule has 3 aliphatic heterocycles. The number of anilines is 1. The van der Waals surface area contributed by atoms with Crippen LogP contribution in [0.4, 0.5) is 5.95 Å². The zero-order valence-electron chi connectivity index (χ0n) is 15.3. The number of fused-ring (bicyclic) bond motifs is 4. The number of carbonyl (C=O) groups is 1. The third-order valence-electron chi connectivity index (χ3n) is 5.82. The number of carbonyl (C=O) groups excluding carboxylic acids is 1. The number of amides is 1. The fourth-order valence-corrected chi connectivity index (χ4v) is 4.41. The molecule has 9 heteroatoms. The van der Waals surface area contributed by atoms with Crippen LogP contribution >= 0.6 is 0 Å². The highest BCUT2D eigenvalue weighted by molar-refractivity contribution is 5.80. The van der Waals surface area contributed by atoms with Gasteiger partial charge in [-0.1, -0.05) is 10.3 Å². The zero-order chi connectivity index (χ0) is 18.4.